The highest BCUT2D eigenvalue weighted by molar-refractivity contribution is 6.01. The average Bonchev–Trinajstić information content (AvgIpc) is 2.80. The number of carbonyl (C=O) groups is 2. The Hall–Kier alpha value is -2.86. The van der Waals surface area contributed by atoms with Crippen LogP contribution in [0.25, 0.3) is 0 Å². The molecule has 0 spiro atoms. The van der Waals surface area contributed by atoms with Gasteiger partial charge in [0.25, 0.3) is 5.91 Å². The topological polar surface area (TPSA) is 61.9 Å². The van der Waals surface area contributed by atoms with Crippen molar-refractivity contribution in [2.75, 3.05) is 36.4 Å². The second-order valence-electron chi connectivity index (χ2n) is 8.37. The van der Waals surface area contributed by atoms with Crippen LogP contribution in [0, 0.1) is 0 Å². The van der Waals surface area contributed by atoms with E-state index in [9.17, 15) is 9.59 Å². The first kappa shape index (κ1) is 21.4. The molecule has 2 aromatic carbocycles. The zero-order valence-corrected chi connectivity index (χ0v) is 18.2. The zero-order valence-electron chi connectivity index (χ0n) is 18.2. The SMILES string of the molecule is CC1Oc2ccc(NC(=O)CCc3ccccc3)cc2N(CCN2CCCCC2)C1=O. The van der Waals surface area contributed by atoms with Crippen molar-refractivity contribution < 1.29 is 14.3 Å². The maximum Gasteiger partial charge on any atom is 0.267 e. The van der Waals surface area contributed by atoms with Crippen LogP contribution >= 0.6 is 0 Å². The van der Waals surface area contributed by atoms with E-state index in [1.165, 1.54) is 19.3 Å². The molecule has 0 bridgehead atoms. The van der Waals surface area contributed by atoms with Gasteiger partial charge < -0.3 is 19.9 Å². The van der Waals surface area contributed by atoms with E-state index in [0.29, 0.717) is 30.8 Å². The van der Waals surface area contributed by atoms with E-state index in [1.807, 2.05) is 53.4 Å². The number of hydrogen-bond donors (Lipinski definition) is 1. The van der Waals surface area contributed by atoms with Crippen molar-refractivity contribution in [1.29, 1.82) is 0 Å². The second-order valence-corrected chi connectivity index (χ2v) is 8.37. The smallest absolute Gasteiger partial charge is 0.267 e. The molecule has 1 N–H and O–H groups in total. The molecule has 4 rings (SSSR count). The number of hydrogen-bond acceptors (Lipinski definition) is 4. The van der Waals surface area contributed by atoms with Crippen molar-refractivity contribution in [3.8, 4) is 5.75 Å². The fraction of sp³-hybridized carbons (Fsp3) is 0.440. The molecule has 0 radical (unpaired) electrons. The number of amides is 2. The highest BCUT2D eigenvalue weighted by Crippen LogP contribution is 2.36. The van der Waals surface area contributed by atoms with Gasteiger partial charge in [-0.2, -0.15) is 0 Å². The largest absolute Gasteiger partial charge is 0.479 e. The maximum absolute atomic E-state index is 12.8. The minimum Gasteiger partial charge on any atom is -0.479 e. The Morgan fingerprint density at radius 1 is 1.06 bits per heavy atom. The molecule has 2 aliphatic heterocycles. The summed E-state index contributed by atoms with van der Waals surface area (Å²) in [5.74, 6) is 0.616. The van der Waals surface area contributed by atoms with E-state index in [4.69, 9.17) is 4.74 Å². The molecule has 0 saturated carbocycles. The van der Waals surface area contributed by atoms with Crippen LogP contribution in [0.1, 0.15) is 38.2 Å². The van der Waals surface area contributed by atoms with Gasteiger partial charge >= 0.3 is 0 Å². The van der Waals surface area contributed by atoms with Gasteiger partial charge in [0.1, 0.15) is 5.75 Å². The first-order valence-electron chi connectivity index (χ1n) is 11.3. The molecule has 6 nitrogen and oxygen atoms in total. The van der Waals surface area contributed by atoms with Gasteiger partial charge in [-0.3, -0.25) is 9.59 Å². The Morgan fingerprint density at radius 2 is 1.84 bits per heavy atom. The highest BCUT2D eigenvalue weighted by atomic mass is 16.5. The van der Waals surface area contributed by atoms with Crippen molar-refractivity contribution in [3.05, 3.63) is 54.1 Å². The van der Waals surface area contributed by atoms with Crippen LogP contribution in [0.4, 0.5) is 11.4 Å². The van der Waals surface area contributed by atoms with Crippen LogP contribution in [0.2, 0.25) is 0 Å². The fourth-order valence-electron chi connectivity index (χ4n) is 4.27. The van der Waals surface area contributed by atoms with Crippen molar-refractivity contribution in [3.63, 3.8) is 0 Å². The lowest BCUT2D eigenvalue weighted by atomic mass is 10.1. The number of fused-ring (bicyclic) bond motifs is 1. The molecule has 1 atom stereocenters. The average molecular weight is 422 g/mol. The molecular formula is C25H31N3O3. The lowest BCUT2D eigenvalue weighted by molar-refractivity contribution is -0.125. The standard InChI is InChI=1S/C25H31N3O3/c1-19-25(30)28(17-16-27-14-6-3-7-15-27)22-18-21(11-12-23(22)31-19)26-24(29)13-10-20-8-4-2-5-9-20/h2,4-5,8-9,11-12,18-19H,3,6-7,10,13-17H2,1H3,(H,26,29). The summed E-state index contributed by atoms with van der Waals surface area (Å²) in [6, 6.07) is 15.5. The number of nitrogens with zero attached hydrogens (tertiary/aromatic N) is 2. The molecule has 31 heavy (non-hydrogen) atoms. The summed E-state index contributed by atoms with van der Waals surface area (Å²) in [6.45, 7) is 5.46. The summed E-state index contributed by atoms with van der Waals surface area (Å²) >= 11 is 0. The Balaban J connectivity index is 1.42. The second kappa shape index (κ2) is 9.96. The van der Waals surface area contributed by atoms with E-state index in [2.05, 4.69) is 10.2 Å². The number of carbonyl (C=O) groups excluding carboxylic acids is 2. The molecule has 1 fully saturated rings. The molecule has 0 aromatic heterocycles. The van der Waals surface area contributed by atoms with E-state index >= 15 is 0 Å². The molecule has 2 aromatic rings. The monoisotopic (exact) mass is 421 g/mol. The van der Waals surface area contributed by atoms with Gasteiger partial charge in [0.2, 0.25) is 5.91 Å². The number of piperidine rings is 1. The van der Waals surface area contributed by atoms with Gasteiger partial charge in [-0.05, 0) is 63.0 Å². The number of nitrogens with one attached hydrogen (secondary N) is 1. The first-order chi connectivity index (χ1) is 15.1. The lowest BCUT2D eigenvalue weighted by Crippen LogP contribution is -2.48. The van der Waals surface area contributed by atoms with E-state index in [0.717, 1.165) is 30.9 Å². The molecule has 0 aliphatic carbocycles. The third kappa shape index (κ3) is 5.44. The Labute approximate surface area is 184 Å². The minimum atomic E-state index is -0.500. The molecule has 6 heteroatoms. The highest BCUT2D eigenvalue weighted by Gasteiger charge is 2.32. The number of benzene rings is 2. The molecule has 2 heterocycles. The van der Waals surface area contributed by atoms with Gasteiger partial charge in [0.15, 0.2) is 6.10 Å². The van der Waals surface area contributed by atoms with Gasteiger partial charge in [-0.1, -0.05) is 36.8 Å². The quantitative estimate of drug-likeness (QED) is 0.738. The van der Waals surface area contributed by atoms with E-state index in [-0.39, 0.29) is 11.8 Å². The lowest BCUT2D eigenvalue weighted by Gasteiger charge is -2.35. The van der Waals surface area contributed by atoms with Crippen molar-refractivity contribution in [2.45, 2.75) is 45.1 Å². The number of likely N-dealkylation sites (tertiary alicyclic amines) is 1. The van der Waals surface area contributed by atoms with Crippen LogP contribution in [0.15, 0.2) is 48.5 Å². The summed E-state index contributed by atoms with van der Waals surface area (Å²) in [5.41, 5.74) is 2.56. The Bertz CT molecular complexity index is 909. The van der Waals surface area contributed by atoms with Crippen LogP contribution in [0.3, 0.4) is 0 Å². The van der Waals surface area contributed by atoms with E-state index in [1.54, 1.807) is 6.92 Å². The molecular weight excluding hydrogens is 390 g/mol. The van der Waals surface area contributed by atoms with Crippen LogP contribution in [-0.2, 0) is 16.0 Å². The van der Waals surface area contributed by atoms with Gasteiger partial charge in [-0.25, -0.2) is 0 Å². The van der Waals surface area contributed by atoms with Crippen molar-refractivity contribution >= 4 is 23.2 Å². The molecule has 2 aliphatic rings. The van der Waals surface area contributed by atoms with Gasteiger partial charge in [0.05, 0.1) is 5.69 Å². The summed E-state index contributed by atoms with van der Waals surface area (Å²) < 4.78 is 5.81. The predicted molar refractivity (Wildman–Crippen MR) is 123 cm³/mol. The third-order valence-corrected chi connectivity index (χ3v) is 6.02. The summed E-state index contributed by atoms with van der Waals surface area (Å²) in [7, 11) is 0. The summed E-state index contributed by atoms with van der Waals surface area (Å²) in [6.07, 6.45) is 4.34. The zero-order chi connectivity index (χ0) is 21.6. The van der Waals surface area contributed by atoms with Crippen molar-refractivity contribution in [2.24, 2.45) is 0 Å². The van der Waals surface area contributed by atoms with Gasteiger partial charge in [0, 0.05) is 25.2 Å². The van der Waals surface area contributed by atoms with Crippen molar-refractivity contribution in [1.82, 2.24) is 4.90 Å². The van der Waals surface area contributed by atoms with Crippen LogP contribution in [0.5, 0.6) is 5.75 Å². The normalized spacial score (nSPS) is 18.9. The Morgan fingerprint density at radius 3 is 2.61 bits per heavy atom. The molecule has 164 valence electrons. The predicted octanol–water partition coefficient (Wildman–Crippen LogP) is 3.86. The minimum absolute atomic E-state index is 0.0305. The molecule has 1 unspecified atom stereocenters. The third-order valence-electron chi connectivity index (χ3n) is 6.02. The molecule has 1 saturated heterocycles. The maximum atomic E-state index is 12.8. The number of aryl methyl sites for hydroxylation is 1. The van der Waals surface area contributed by atoms with Crippen LogP contribution < -0.4 is 15.0 Å². The first-order valence-corrected chi connectivity index (χ1v) is 11.3. The summed E-state index contributed by atoms with van der Waals surface area (Å²) in [5, 5.41) is 2.97. The number of ether oxygens (including phenoxy) is 1. The van der Waals surface area contributed by atoms with Gasteiger partial charge in [-0.15, -0.1) is 0 Å². The van der Waals surface area contributed by atoms with Crippen LogP contribution in [-0.4, -0.2) is 49.0 Å². The molecule has 2 amide bonds. The van der Waals surface area contributed by atoms with E-state index < -0.39 is 6.10 Å². The summed E-state index contributed by atoms with van der Waals surface area (Å²) in [4.78, 5) is 29.5. The fourth-order valence-corrected chi connectivity index (χ4v) is 4.27. The number of anilines is 2. The number of rotatable bonds is 7. The Kier molecular flexibility index (Phi) is 6.87.